The number of nitrogens with one attached hydrogen (secondary N) is 1. The second kappa shape index (κ2) is 4.89. The quantitative estimate of drug-likeness (QED) is 0.637. The van der Waals surface area contributed by atoms with Crippen LogP contribution in [0.15, 0.2) is 12.7 Å². The molecule has 3 heteroatoms. The van der Waals surface area contributed by atoms with E-state index in [4.69, 9.17) is 5.26 Å². The molecule has 0 rings (SSSR count). The number of nitriles is 1. The monoisotopic (exact) mass is 170 g/mol. The van der Waals surface area contributed by atoms with Crippen molar-refractivity contribution in [3.05, 3.63) is 12.7 Å². The number of nitrogens with zero attached hydrogens (tertiary/aromatic N) is 1. The van der Waals surface area contributed by atoms with Crippen LogP contribution in [-0.4, -0.2) is 19.3 Å². The van der Waals surface area contributed by atoms with Crippen LogP contribution >= 0.6 is 0 Å². The predicted molar refractivity (Wildman–Crippen MR) is 47.4 cm³/mol. The normalized spacial score (nSPS) is 17.5. The molecule has 0 aromatic carbocycles. The molecule has 0 aliphatic carbocycles. The van der Waals surface area contributed by atoms with Gasteiger partial charge in [-0.2, -0.15) is 5.26 Å². The average molecular weight is 170 g/mol. The summed E-state index contributed by atoms with van der Waals surface area (Å²) in [4.78, 5) is 0. The number of alkyl halides is 1. The van der Waals surface area contributed by atoms with Crippen LogP contribution in [0.1, 0.15) is 13.8 Å². The maximum atomic E-state index is 11.8. The van der Waals surface area contributed by atoms with E-state index in [2.05, 4.69) is 18.0 Å². The number of halogens is 1. The first-order valence-corrected chi connectivity index (χ1v) is 3.95. The van der Waals surface area contributed by atoms with Gasteiger partial charge < -0.3 is 5.32 Å². The van der Waals surface area contributed by atoms with Gasteiger partial charge in [0.2, 0.25) is 0 Å². The molecule has 0 aromatic heterocycles. The van der Waals surface area contributed by atoms with Crippen molar-refractivity contribution in [2.75, 3.05) is 13.2 Å². The predicted octanol–water partition coefficient (Wildman–Crippen LogP) is 1.65. The van der Waals surface area contributed by atoms with E-state index >= 15 is 0 Å². The van der Waals surface area contributed by atoms with Gasteiger partial charge in [0.15, 0.2) is 0 Å². The minimum absolute atomic E-state index is 0.0734. The topological polar surface area (TPSA) is 35.8 Å². The lowest BCUT2D eigenvalue weighted by Crippen LogP contribution is -2.40. The Bertz CT molecular complexity index is 185. The van der Waals surface area contributed by atoms with Gasteiger partial charge in [0.1, 0.15) is 6.67 Å². The third kappa shape index (κ3) is 2.63. The Hall–Kier alpha value is -0.880. The lowest BCUT2D eigenvalue weighted by Gasteiger charge is -2.25. The second-order valence-corrected chi connectivity index (χ2v) is 2.96. The highest BCUT2D eigenvalue weighted by atomic mass is 19.1. The van der Waals surface area contributed by atoms with Crippen LogP contribution in [0.5, 0.6) is 0 Å². The summed E-state index contributed by atoms with van der Waals surface area (Å²) < 4.78 is 11.8. The van der Waals surface area contributed by atoms with Crippen molar-refractivity contribution >= 4 is 0 Å². The Morgan fingerprint density at radius 2 is 2.42 bits per heavy atom. The summed E-state index contributed by atoms with van der Waals surface area (Å²) in [6.45, 7) is 7.07. The lowest BCUT2D eigenvalue weighted by atomic mass is 9.85. The largest absolute Gasteiger partial charge is 0.310 e. The second-order valence-electron chi connectivity index (χ2n) is 2.96. The number of rotatable bonds is 5. The van der Waals surface area contributed by atoms with E-state index in [1.807, 2.05) is 6.92 Å². The SMILES string of the molecule is C=CC(C)(C#N)C(C)NCCF. The van der Waals surface area contributed by atoms with Gasteiger partial charge in [-0.1, -0.05) is 6.08 Å². The molecule has 1 N–H and O–H groups in total. The highest BCUT2D eigenvalue weighted by molar-refractivity contribution is 5.12. The smallest absolute Gasteiger partial charge is 0.102 e. The molecule has 68 valence electrons. The average Bonchev–Trinajstić information content (AvgIpc) is 2.12. The summed E-state index contributed by atoms with van der Waals surface area (Å²) in [6.07, 6.45) is 1.59. The van der Waals surface area contributed by atoms with E-state index in [0.29, 0.717) is 0 Å². The Kier molecular flexibility index (Phi) is 4.53. The van der Waals surface area contributed by atoms with Crippen molar-refractivity contribution in [3.63, 3.8) is 0 Å². The van der Waals surface area contributed by atoms with E-state index in [9.17, 15) is 4.39 Å². The van der Waals surface area contributed by atoms with Crippen LogP contribution in [0.25, 0.3) is 0 Å². The number of hydrogen-bond acceptors (Lipinski definition) is 2. The zero-order valence-corrected chi connectivity index (χ0v) is 7.60. The molecule has 0 bridgehead atoms. The summed E-state index contributed by atoms with van der Waals surface area (Å²) in [7, 11) is 0. The van der Waals surface area contributed by atoms with Crippen molar-refractivity contribution in [1.82, 2.24) is 5.32 Å². The van der Waals surface area contributed by atoms with Crippen LogP contribution in [0.3, 0.4) is 0 Å². The highest BCUT2D eigenvalue weighted by Gasteiger charge is 2.26. The van der Waals surface area contributed by atoms with E-state index in [0.717, 1.165) is 0 Å². The van der Waals surface area contributed by atoms with Crippen molar-refractivity contribution in [3.8, 4) is 6.07 Å². The molecule has 0 fully saturated rings. The summed E-state index contributed by atoms with van der Waals surface area (Å²) in [5.74, 6) is 0. The third-order valence-corrected chi connectivity index (χ3v) is 2.11. The molecule has 0 aliphatic rings. The molecule has 2 nitrogen and oxygen atoms in total. The zero-order valence-electron chi connectivity index (χ0n) is 7.60. The fourth-order valence-electron chi connectivity index (χ4n) is 0.802. The molecule has 2 unspecified atom stereocenters. The molecule has 0 radical (unpaired) electrons. The van der Waals surface area contributed by atoms with Gasteiger partial charge in [0.25, 0.3) is 0 Å². The Balaban J connectivity index is 4.14. The molecule has 0 heterocycles. The molecule has 0 aromatic rings. The fraction of sp³-hybridized carbons (Fsp3) is 0.667. The summed E-state index contributed by atoms with van der Waals surface area (Å²) in [5.41, 5.74) is -0.616. The molecular weight excluding hydrogens is 155 g/mol. The van der Waals surface area contributed by atoms with Crippen molar-refractivity contribution in [2.24, 2.45) is 5.41 Å². The minimum Gasteiger partial charge on any atom is -0.310 e. The van der Waals surface area contributed by atoms with Gasteiger partial charge in [-0.15, -0.1) is 6.58 Å². The molecular formula is C9H15FN2. The van der Waals surface area contributed by atoms with E-state index in [1.165, 1.54) is 0 Å². The molecule has 0 spiro atoms. The minimum atomic E-state index is -0.616. The molecule has 0 saturated heterocycles. The summed E-state index contributed by atoms with van der Waals surface area (Å²) in [6, 6.07) is 2.06. The Labute approximate surface area is 73.1 Å². The van der Waals surface area contributed by atoms with Gasteiger partial charge in [-0.25, -0.2) is 4.39 Å². The van der Waals surface area contributed by atoms with Gasteiger partial charge >= 0.3 is 0 Å². The maximum Gasteiger partial charge on any atom is 0.102 e. The highest BCUT2D eigenvalue weighted by Crippen LogP contribution is 2.20. The van der Waals surface area contributed by atoms with Gasteiger partial charge in [0.05, 0.1) is 11.5 Å². The van der Waals surface area contributed by atoms with Crippen LogP contribution < -0.4 is 5.32 Å². The van der Waals surface area contributed by atoms with E-state index < -0.39 is 12.1 Å². The fourth-order valence-corrected chi connectivity index (χ4v) is 0.802. The van der Waals surface area contributed by atoms with Crippen molar-refractivity contribution in [2.45, 2.75) is 19.9 Å². The van der Waals surface area contributed by atoms with E-state index in [1.54, 1.807) is 13.0 Å². The first-order valence-electron chi connectivity index (χ1n) is 3.95. The third-order valence-electron chi connectivity index (χ3n) is 2.11. The lowest BCUT2D eigenvalue weighted by molar-refractivity contribution is 0.357. The summed E-state index contributed by atoms with van der Waals surface area (Å²) >= 11 is 0. The van der Waals surface area contributed by atoms with Crippen molar-refractivity contribution in [1.29, 1.82) is 5.26 Å². The first kappa shape index (κ1) is 11.1. The first-order chi connectivity index (χ1) is 5.60. The zero-order chi connectivity index (χ0) is 9.61. The Morgan fingerprint density at radius 1 is 1.83 bits per heavy atom. The van der Waals surface area contributed by atoms with Crippen LogP contribution in [0.4, 0.5) is 4.39 Å². The van der Waals surface area contributed by atoms with Gasteiger partial charge in [-0.3, -0.25) is 0 Å². The van der Waals surface area contributed by atoms with Crippen LogP contribution in [0.2, 0.25) is 0 Å². The van der Waals surface area contributed by atoms with Crippen molar-refractivity contribution < 1.29 is 4.39 Å². The van der Waals surface area contributed by atoms with Gasteiger partial charge in [-0.05, 0) is 13.8 Å². The van der Waals surface area contributed by atoms with E-state index in [-0.39, 0.29) is 12.6 Å². The van der Waals surface area contributed by atoms with Crippen LogP contribution in [0, 0.1) is 16.7 Å². The molecule has 12 heavy (non-hydrogen) atoms. The molecule has 0 amide bonds. The molecule has 0 saturated carbocycles. The van der Waals surface area contributed by atoms with Crippen LogP contribution in [-0.2, 0) is 0 Å². The maximum absolute atomic E-state index is 11.8. The molecule has 0 aliphatic heterocycles. The Morgan fingerprint density at radius 3 is 2.75 bits per heavy atom. The van der Waals surface area contributed by atoms with Gasteiger partial charge in [0, 0.05) is 12.6 Å². The number of hydrogen-bond donors (Lipinski definition) is 1. The molecule has 2 atom stereocenters. The standard InChI is InChI=1S/C9H15FN2/c1-4-9(3,7-11)8(2)12-6-5-10/h4,8,12H,1,5-6H2,2-3H3. The summed E-state index contributed by atoms with van der Waals surface area (Å²) in [5, 5.41) is 11.7.